The fourth-order valence-corrected chi connectivity index (χ4v) is 3.20. The number of benzene rings is 1. The molecule has 118 valence electrons. The van der Waals surface area contributed by atoms with E-state index >= 15 is 0 Å². The Morgan fingerprint density at radius 2 is 1.95 bits per heavy atom. The van der Waals surface area contributed by atoms with Gasteiger partial charge in [-0.3, -0.25) is 0 Å². The minimum absolute atomic E-state index is 0.252. The molecule has 0 bridgehead atoms. The lowest BCUT2D eigenvalue weighted by atomic mass is 10.0. The fraction of sp³-hybridized carbons (Fsp3) is 0.389. The van der Waals surface area contributed by atoms with E-state index in [9.17, 15) is 4.79 Å². The van der Waals surface area contributed by atoms with Crippen LogP contribution >= 0.6 is 11.3 Å². The second-order valence-corrected chi connectivity index (χ2v) is 6.10. The van der Waals surface area contributed by atoms with Crippen LogP contribution in [0.3, 0.4) is 0 Å². The van der Waals surface area contributed by atoms with Crippen LogP contribution in [0.25, 0.3) is 11.1 Å². The topological polar surface area (TPSA) is 38.3 Å². The van der Waals surface area contributed by atoms with Crippen molar-refractivity contribution in [1.29, 1.82) is 0 Å². The number of thiophene rings is 1. The van der Waals surface area contributed by atoms with Gasteiger partial charge in [0.15, 0.2) is 0 Å². The van der Waals surface area contributed by atoms with E-state index < -0.39 is 0 Å². The molecule has 2 aromatic rings. The zero-order chi connectivity index (χ0) is 15.9. The summed E-state index contributed by atoms with van der Waals surface area (Å²) in [5.41, 5.74) is 3.86. The Labute approximate surface area is 136 Å². The number of esters is 1. The SMILES string of the molecule is CCCCNc1scc(-c2ccc(C)cc2)c1C(=O)OCC. The van der Waals surface area contributed by atoms with E-state index in [4.69, 9.17) is 4.74 Å². The molecule has 1 heterocycles. The van der Waals surface area contributed by atoms with Gasteiger partial charge in [-0.2, -0.15) is 0 Å². The van der Waals surface area contributed by atoms with E-state index in [0.717, 1.165) is 35.5 Å². The Kier molecular flexibility index (Phi) is 6.01. The van der Waals surface area contributed by atoms with Crippen molar-refractivity contribution >= 4 is 22.3 Å². The molecule has 1 aromatic carbocycles. The van der Waals surface area contributed by atoms with Crippen LogP contribution in [0.4, 0.5) is 5.00 Å². The average Bonchev–Trinajstić information content (AvgIpc) is 2.92. The predicted molar refractivity (Wildman–Crippen MR) is 93.8 cm³/mol. The molecule has 1 N–H and O–H groups in total. The van der Waals surface area contributed by atoms with Crippen LogP contribution < -0.4 is 5.32 Å². The van der Waals surface area contributed by atoms with Gasteiger partial charge in [0.25, 0.3) is 0 Å². The third kappa shape index (κ3) is 3.89. The third-order valence-electron chi connectivity index (χ3n) is 3.45. The maximum absolute atomic E-state index is 12.4. The maximum atomic E-state index is 12.4. The predicted octanol–water partition coefficient (Wildman–Crippen LogP) is 5.11. The summed E-state index contributed by atoms with van der Waals surface area (Å²) in [4.78, 5) is 12.4. The Morgan fingerprint density at radius 3 is 2.59 bits per heavy atom. The molecule has 22 heavy (non-hydrogen) atoms. The summed E-state index contributed by atoms with van der Waals surface area (Å²) in [7, 11) is 0. The molecule has 2 rings (SSSR count). The van der Waals surface area contributed by atoms with Gasteiger partial charge >= 0.3 is 5.97 Å². The Balaban J connectivity index is 2.36. The number of unbranched alkanes of at least 4 members (excludes halogenated alkanes) is 1. The van der Waals surface area contributed by atoms with Crippen molar-refractivity contribution in [3.05, 3.63) is 40.8 Å². The molecule has 0 aliphatic rings. The number of carbonyl (C=O) groups is 1. The maximum Gasteiger partial charge on any atom is 0.341 e. The molecular weight excluding hydrogens is 294 g/mol. The first kappa shape index (κ1) is 16.6. The molecule has 0 aliphatic heterocycles. The second kappa shape index (κ2) is 7.99. The number of aryl methyl sites for hydroxylation is 1. The van der Waals surface area contributed by atoms with Crippen LogP contribution in [0.1, 0.15) is 42.6 Å². The smallest absolute Gasteiger partial charge is 0.341 e. The number of anilines is 1. The molecule has 1 aromatic heterocycles. The second-order valence-electron chi connectivity index (χ2n) is 5.22. The van der Waals surface area contributed by atoms with Gasteiger partial charge in [-0.25, -0.2) is 4.79 Å². The van der Waals surface area contributed by atoms with E-state index in [1.165, 1.54) is 5.56 Å². The minimum atomic E-state index is -0.252. The highest BCUT2D eigenvalue weighted by Gasteiger charge is 2.21. The molecule has 0 fully saturated rings. The van der Waals surface area contributed by atoms with Crippen LogP contribution in [0.5, 0.6) is 0 Å². The molecule has 0 aliphatic carbocycles. The van der Waals surface area contributed by atoms with E-state index in [1.807, 2.05) is 12.3 Å². The largest absolute Gasteiger partial charge is 0.462 e. The Hall–Kier alpha value is -1.81. The lowest BCUT2D eigenvalue weighted by Crippen LogP contribution is -2.09. The fourth-order valence-electron chi connectivity index (χ4n) is 2.22. The van der Waals surface area contributed by atoms with Gasteiger partial charge < -0.3 is 10.1 Å². The molecule has 0 saturated heterocycles. The number of rotatable bonds is 7. The average molecular weight is 317 g/mol. The van der Waals surface area contributed by atoms with Crippen LogP contribution in [-0.2, 0) is 4.74 Å². The van der Waals surface area contributed by atoms with Gasteiger partial charge in [-0.05, 0) is 25.8 Å². The molecule has 0 unspecified atom stereocenters. The normalized spacial score (nSPS) is 10.5. The molecule has 3 nitrogen and oxygen atoms in total. The summed E-state index contributed by atoms with van der Waals surface area (Å²) in [6, 6.07) is 8.23. The van der Waals surface area contributed by atoms with Crippen molar-refractivity contribution in [3.63, 3.8) is 0 Å². The first-order valence-corrected chi connectivity index (χ1v) is 8.64. The van der Waals surface area contributed by atoms with E-state index in [1.54, 1.807) is 11.3 Å². The highest BCUT2D eigenvalue weighted by Crippen LogP contribution is 2.36. The molecule has 4 heteroatoms. The number of hydrogen-bond donors (Lipinski definition) is 1. The van der Waals surface area contributed by atoms with Crippen LogP contribution in [0, 0.1) is 6.92 Å². The monoisotopic (exact) mass is 317 g/mol. The van der Waals surface area contributed by atoms with E-state index in [-0.39, 0.29) is 5.97 Å². The summed E-state index contributed by atoms with van der Waals surface area (Å²) in [6.07, 6.45) is 2.21. The number of hydrogen-bond acceptors (Lipinski definition) is 4. The first-order valence-electron chi connectivity index (χ1n) is 7.76. The summed E-state index contributed by atoms with van der Waals surface area (Å²) >= 11 is 1.57. The lowest BCUT2D eigenvalue weighted by Gasteiger charge is -2.09. The van der Waals surface area contributed by atoms with Gasteiger partial charge in [0, 0.05) is 17.5 Å². The molecule has 0 amide bonds. The number of ether oxygens (including phenoxy) is 1. The van der Waals surface area contributed by atoms with Gasteiger partial charge in [-0.1, -0.05) is 43.2 Å². The van der Waals surface area contributed by atoms with Gasteiger partial charge in [0.1, 0.15) is 10.6 Å². The summed E-state index contributed by atoms with van der Waals surface area (Å²) in [6.45, 7) is 7.30. The van der Waals surface area contributed by atoms with Crippen molar-refractivity contribution in [2.45, 2.75) is 33.6 Å². The number of nitrogens with one attached hydrogen (secondary N) is 1. The number of carbonyl (C=O) groups excluding carboxylic acids is 1. The van der Waals surface area contributed by atoms with Crippen molar-refractivity contribution in [1.82, 2.24) is 0 Å². The van der Waals surface area contributed by atoms with Gasteiger partial charge in [0.05, 0.1) is 6.61 Å². The lowest BCUT2D eigenvalue weighted by molar-refractivity contribution is 0.0529. The van der Waals surface area contributed by atoms with Crippen LogP contribution in [0.2, 0.25) is 0 Å². The van der Waals surface area contributed by atoms with Gasteiger partial charge in [-0.15, -0.1) is 11.3 Å². The standard InChI is InChI=1S/C18H23NO2S/c1-4-6-11-19-17-16(18(20)21-5-2)15(12-22-17)14-9-7-13(3)8-10-14/h7-10,12,19H,4-6,11H2,1-3H3. The summed E-state index contributed by atoms with van der Waals surface area (Å²) < 4.78 is 5.25. The highest BCUT2D eigenvalue weighted by molar-refractivity contribution is 7.15. The summed E-state index contributed by atoms with van der Waals surface area (Å²) in [5, 5.41) is 6.31. The van der Waals surface area contributed by atoms with Crippen LogP contribution in [0.15, 0.2) is 29.6 Å². The molecule has 0 atom stereocenters. The van der Waals surface area contributed by atoms with Crippen molar-refractivity contribution < 1.29 is 9.53 Å². The molecule has 0 saturated carbocycles. The zero-order valence-electron chi connectivity index (χ0n) is 13.4. The van der Waals surface area contributed by atoms with Crippen molar-refractivity contribution in [2.24, 2.45) is 0 Å². The highest BCUT2D eigenvalue weighted by atomic mass is 32.1. The third-order valence-corrected chi connectivity index (χ3v) is 4.39. The molecular formula is C18H23NO2S. The van der Waals surface area contributed by atoms with E-state index in [0.29, 0.717) is 12.2 Å². The molecule has 0 radical (unpaired) electrons. The first-order chi connectivity index (χ1) is 10.7. The van der Waals surface area contributed by atoms with Crippen molar-refractivity contribution in [2.75, 3.05) is 18.5 Å². The van der Waals surface area contributed by atoms with Crippen molar-refractivity contribution in [3.8, 4) is 11.1 Å². The Morgan fingerprint density at radius 1 is 1.23 bits per heavy atom. The van der Waals surface area contributed by atoms with E-state index in [2.05, 4.69) is 43.4 Å². The van der Waals surface area contributed by atoms with Gasteiger partial charge in [0.2, 0.25) is 0 Å². The zero-order valence-corrected chi connectivity index (χ0v) is 14.3. The Bertz CT molecular complexity index is 617. The summed E-state index contributed by atoms with van der Waals surface area (Å²) in [5.74, 6) is -0.252. The van der Waals surface area contributed by atoms with Crippen LogP contribution in [-0.4, -0.2) is 19.1 Å². The minimum Gasteiger partial charge on any atom is -0.462 e. The quantitative estimate of drug-likeness (QED) is 0.569. The molecule has 0 spiro atoms.